The molecule has 0 unspecified atom stereocenters. The van der Waals surface area contributed by atoms with Crippen LogP contribution < -0.4 is 0 Å². The lowest BCUT2D eigenvalue weighted by atomic mass is 9.80. The van der Waals surface area contributed by atoms with E-state index in [9.17, 15) is 19.8 Å². The minimum atomic E-state index is -0.461. The molecule has 4 nitrogen and oxygen atoms in total. The molecular formula is C20H28O4. The Kier molecular flexibility index (Phi) is 6.03. The Labute approximate surface area is 144 Å². The third kappa shape index (κ3) is 4.16. The van der Waals surface area contributed by atoms with Gasteiger partial charge < -0.3 is 10.2 Å². The summed E-state index contributed by atoms with van der Waals surface area (Å²) in [6, 6.07) is 0. The number of allylic oxidation sites excluding steroid dienone is 6. The molecule has 2 aliphatic carbocycles. The predicted molar refractivity (Wildman–Crippen MR) is 93.7 cm³/mol. The smallest absolute Gasteiger partial charge is 0.163 e. The molecule has 0 aromatic carbocycles. The molecule has 1 atom stereocenters. The Morgan fingerprint density at radius 2 is 1.50 bits per heavy atom. The highest BCUT2D eigenvalue weighted by Crippen LogP contribution is 2.40. The van der Waals surface area contributed by atoms with Gasteiger partial charge in [0.25, 0.3) is 0 Å². The van der Waals surface area contributed by atoms with Gasteiger partial charge in [-0.15, -0.1) is 0 Å². The average molecular weight is 332 g/mol. The van der Waals surface area contributed by atoms with Crippen LogP contribution in [0.4, 0.5) is 0 Å². The van der Waals surface area contributed by atoms with Gasteiger partial charge in [-0.3, -0.25) is 9.59 Å². The van der Waals surface area contributed by atoms with Crippen LogP contribution >= 0.6 is 0 Å². The number of aliphatic hydroxyl groups is 2. The van der Waals surface area contributed by atoms with Crippen LogP contribution in [0.2, 0.25) is 0 Å². The molecule has 2 N–H and O–H groups in total. The zero-order valence-electron chi connectivity index (χ0n) is 14.9. The second kappa shape index (κ2) is 7.82. The largest absolute Gasteiger partial charge is 0.512 e. The van der Waals surface area contributed by atoms with Gasteiger partial charge in [-0.2, -0.15) is 0 Å². The van der Waals surface area contributed by atoms with E-state index in [0.29, 0.717) is 43.3 Å². The van der Waals surface area contributed by atoms with E-state index in [2.05, 4.69) is 26.8 Å². The minimum absolute atomic E-state index is 0.0889. The van der Waals surface area contributed by atoms with E-state index in [4.69, 9.17) is 0 Å². The topological polar surface area (TPSA) is 74.6 Å². The van der Waals surface area contributed by atoms with Crippen LogP contribution in [0, 0.1) is 11.8 Å². The lowest BCUT2D eigenvalue weighted by molar-refractivity contribution is -0.115. The number of carbonyl (C=O) groups is 2. The fourth-order valence-corrected chi connectivity index (χ4v) is 3.67. The van der Waals surface area contributed by atoms with Crippen molar-refractivity contribution in [2.24, 2.45) is 11.8 Å². The maximum absolute atomic E-state index is 12.2. The highest BCUT2D eigenvalue weighted by Gasteiger charge is 2.38. The molecule has 132 valence electrons. The molecule has 0 amide bonds. The quantitative estimate of drug-likeness (QED) is 0.661. The number of Topliss-reactive ketones (excluding diaryl/α,β-unsaturated/α-hetero) is 2. The molecule has 2 rings (SSSR count). The van der Waals surface area contributed by atoms with E-state index in [-0.39, 0.29) is 29.0 Å². The molecule has 0 aromatic heterocycles. The summed E-state index contributed by atoms with van der Waals surface area (Å²) in [4.78, 5) is 24.5. The Morgan fingerprint density at radius 1 is 1.00 bits per heavy atom. The molecule has 0 spiro atoms. The second-order valence-corrected chi connectivity index (χ2v) is 7.32. The summed E-state index contributed by atoms with van der Waals surface area (Å²) in [5.41, 5.74) is 2.00. The van der Waals surface area contributed by atoms with Crippen molar-refractivity contribution in [3.63, 3.8) is 0 Å². The maximum Gasteiger partial charge on any atom is 0.163 e. The van der Waals surface area contributed by atoms with Gasteiger partial charge in [0.05, 0.1) is 0 Å². The number of rotatable bonds is 7. The SMILES string of the molecule is CC(C)=CCC[C@@H](C)CC(C1=C(O)CCC1=O)C1=C(O)CCC1=O. The monoisotopic (exact) mass is 332 g/mol. The van der Waals surface area contributed by atoms with Gasteiger partial charge >= 0.3 is 0 Å². The number of ketones is 2. The van der Waals surface area contributed by atoms with E-state index in [0.717, 1.165) is 12.8 Å². The van der Waals surface area contributed by atoms with Crippen LogP contribution in [-0.4, -0.2) is 21.8 Å². The first kappa shape index (κ1) is 18.5. The second-order valence-electron chi connectivity index (χ2n) is 7.32. The summed E-state index contributed by atoms with van der Waals surface area (Å²) in [5, 5.41) is 20.3. The molecule has 0 aliphatic heterocycles. The van der Waals surface area contributed by atoms with E-state index in [1.165, 1.54) is 5.57 Å². The molecule has 24 heavy (non-hydrogen) atoms. The number of aliphatic hydroxyl groups excluding tert-OH is 2. The van der Waals surface area contributed by atoms with Gasteiger partial charge in [-0.1, -0.05) is 18.6 Å². The van der Waals surface area contributed by atoms with Crippen molar-refractivity contribution in [3.05, 3.63) is 34.3 Å². The molecule has 2 aliphatic rings. The van der Waals surface area contributed by atoms with E-state index >= 15 is 0 Å². The number of hydrogen-bond acceptors (Lipinski definition) is 4. The third-order valence-corrected chi connectivity index (χ3v) is 4.95. The van der Waals surface area contributed by atoms with Crippen LogP contribution in [-0.2, 0) is 9.59 Å². The summed E-state index contributed by atoms with van der Waals surface area (Å²) in [6.07, 6.45) is 5.98. The Morgan fingerprint density at radius 3 is 1.88 bits per heavy atom. The predicted octanol–water partition coefficient (Wildman–Crippen LogP) is 4.73. The summed E-state index contributed by atoms with van der Waals surface area (Å²) >= 11 is 0. The summed E-state index contributed by atoms with van der Waals surface area (Å²) in [5.74, 6) is -0.157. The Bertz CT molecular complexity index is 578. The van der Waals surface area contributed by atoms with Gasteiger partial charge in [-0.25, -0.2) is 0 Å². The molecule has 4 heteroatoms. The van der Waals surface area contributed by atoms with Crippen molar-refractivity contribution < 1.29 is 19.8 Å². The maximum atomic E-state index is 12.2. The summed E-state index contributed by atoms with van der Waals surface area (Å²) < 4.78 is 0. The standard InChI is InChI=1S/C20H28O4/c1-12(2)5-4-6-13(3)11-14(19-15(21)7-8-16(19)22)20-17(23)9-10-18(20)24/h5,13-14,21,23H,4,6-11H2,1-3H3/t13-/m1/s1. The zero-order valence-corrected chi connectivity index (χ0v) is 14.9. The molecule has 0 bridgehead atoms. The molecule has 0 heterocycles. The first-order valence-electron chi connectivity index (χ1n) is 8.85. The van der Waals surface area contributed by atoms with Crippen molar-refractivity contribution >= 4 is 11.6 Å². The molecular weight excluding hydrogens is 304 g/mol. The lowest BCUT2D eigenvalue weighted by Gasteiger charge is -2.23. The third-order valence-electron chi connectivity index (χ3n) is 4.95. The van der Waals surface area contributed by atoms with Gasteiger partial charge in [-0.05, 0) is 39.0 Å². The van der Waals surface area contributed by atoms with Crippen LogP contribution in [0.1, 0.15) is 65.7 Å². The van der Waals surface area contributed by atoms with Crippen LogP contribution in [0.3, 0.4) is 0 Å². The highest BCUT2D eigenvalue weighted by molar-refractivity contribution is 6.04. The molecule has 0 saturated heterocycles. The van der Waals surface area contributed by atoms with Crippen LogP contribution in [0.15, 0.2) is 34.3 Å². The van der Waals surface area contributed by atoms with Crippen molar-refractivity contribution in [2.45, 2.75) is 65.7 Å². The first-order chi connectivity index (χ1) is 11.3. The highest BCUT2D eigenvalue weighted by atomic mass is 16.3. The van der Waals surface area contributed by atoms with Gasteiger partial charge in [0.2, 0.25) is 0 Å². The molecule has 0 aromatic rings. The zero-order chi connectivity index (χ0) is 17.9. The van der Waals surface area contributed by atoms with Crippen LogP contribution in [0.5, 0.6) is 0 Å². The van der Waals surface area contributed by atoms with E-state index in [1.807, 2.05) is 0 Å². The molecule has 0 radical (unpaired) electrons. The van der Waals surface area contributed by atoms with Crippen LogP contribution in [0.25, 0.3) is 0 Å². The summed E-state index contributed by atoms with van der Waals surface area (Å²) in [7, 11) is 0. The minimum Gasteiger partial charge on any atom is -0.512 e. The number of hydrogen-bond donors (Lipinski definition) is 2. The lowest BCUT2D eigenvalue weighted by Crippen LogP contribution is -2.20. The van der Waals surface area contributed by atoms with Gasteiger partial charge in [0.15, 0.2) is 11.6 Å². The molecule has 0 fully saturated rings. The van der Waals surface area contributed by atoms with Gasteiger partial charge in [0, 0.05) is 42.7 Å². The van der Waals surface area contributed by atoms with Crippen molar-refractivity contribution in [3.8, 4) is 0 Å². The molecule has 0 saturated carbocycles. The first-order valence-corrected chi connectivity index (χ1v) is 8.85. The van der Waals surface area contributed by atoms with E-state index in [1.54, 1.807) is 0 Å². The fraction of sp³-hybridized carbons (Fsp3) is 0.600. The van der Waals surface area contributed by atoms with E-state index < -0.39 is 5.92 Å². The normalized spacial score (nSPS) is 19.7. The average Bonchev–Trinajstić information content (AvgIpc) is 2.99. The Hall–Kier alpha value is -1.84. The van der Waals surface area contributed by atoms with Crippen molar-refractivity contribution in [1.29, 1.82) is 0 Å². The fourth-order valence-electron chi connectivity index (χ4n) is 3.67. The summed E-state index contributed by atoms with van der Waals surface area (Å²) in [6.45, 7) is 6.22. The Balaban J connectivity index is 2.23. The van der Waals surface area contributed by atoms with Gasteiger partial charge in [0.1, 0.15) is 11.5 Å². The number of carbonyl (C=O) groups excluding carboxylic acids is 2. The van der Waals surface area contributed by atoms with Crippen molar-refractivity contribution in [2.75, 3.05) is 0 Å². The van der Waals surface area contributed by atoms with Crippen molar-refractivity contribution in [1.82, 2.24) is 0 Å².